The highest BCUT2D eigenvalue weighted by molar-refractivity contribution is 6.33. The van der Waals surface area contributed by atoms with Crippen molar-refractivity contribution in [2.45, 2.75) is 51.0 Å². The van der Waals surface area contributed by atoms with Crippen molar-refractivity contribution in [1.29, 1.82) is 0 Å². The Morgan fingerprint density at radius 3 is 2.66 bits per heavy atom. The smallest absolute Gasteiger partial charge is 0.223 e. The lowest BCUT2D eigenvalue weighted by Crippen LogP contribution is -2.40. The van der Waals surface area contributed by atoms with Crippen molar-refractivity contribution >= 4 is 28.5 Å². The van der Waals surface area contributed by atoms with E-state index in [1.54, 1.807) is 6.20 Å². The van der Waals surface area contributed by atoms with Gasteiger partial charge in [-0.05, 0) is 95.6 Å². The molecule has 1 aromatic carbocycles. The van der Waals surface area contributed by atoms with Crippen LogP contribution in [0.4, 0.5) is 5.95 Å². The van der Waals surface area contributed by atoms with E-state index in [1.165, 1.54) is 77.8 Å². The van der Waals surface area contributed by atoms with Crippen molar-refractivity contribution in [3.63, 3.8) is 0 Å². The topological polar surface area (TPSA) is 72.1 Å². The van der Waals surface area contributed by atoms with Crippen LogP contribution in [0.2, 0.25) is 5.02 Å². The molecule has 8 heteroatoms. The molecule has 0 amide bonds. The van der Waals surface area contributed by atoms with Crippen molar-refractivity contribution in [3.8, 4) is 11.3 Å². The minimum Gasteiger partial charge on any atom is -0.360 e. The van der Waals surface area contributed by atoms with E-state index in [-0.39, 0.29) is 0 Å². The van der Waals surface area contributed by atoms with Crippen LogP contribution in [-0.2, 0) is 0 Å². The summed E-state index contributed by atoms with van der Waals surface area (Å²) >= 11 is 6.52. The molecule has 204 valence electrons. The molecule has 3 N–H and O–H groups in total. The van der Waals surface area contributed by atoms with E-state index >= 15 is 0 Å². The van der Waals surface area contributed by atoms with Crippen molar-refractivity contribution in [2.24, 2.45) is 11.8 Å². The number of hydrogen-bond acceptors (Lipinski definition) is 6. The van der Waals surface area contributed by atoms with Crippen LogP contribution < -0.4 is 10.6 Å². The van der Waals surface area contributed by atoms with Crippen molar-refractivity contribution in [2.75, 3.05) is 57.7 Å². The van der Waals surface area contributed by atoms with Gasteiger partial charge in [0, 0.05) is 48.3 Å². The van der Waals surface area contributed by atoms with Crippen LogP contribution in [0.15, 0.2) is 36.7 Å². The first kappa shape index (κ1) is 26.1. The normalized spacial score (nSPS) is 22.4. The van der Waals surface area contributed by atoms with Gasteiger partial charge in [0.25, 0.3) is 0 Å². The quantitative estimate of drug-likeness (QED) is 0.347. The first-order valence-electron chi connectivity index (χ1n) is 14.7. The predicted octanol–water partition coefficient (Wildman–Crippen LogP) is 5.26. The maximum absolute atomic E-state index is 6.52. The Balaban J connectivity index is 0.938. The first-order chi connectivity index (χ1) is 18.7. The third-order valence-corrected chi connectivity index (χ3v) is 9.24. The van der Waals surface area contributed by atoms with E-state index in [4.69, 9.17) is 16.6 Å². The average Bonchev–Trinajstić information content (AvgIpc) is 3.58. The lowest BCUT2D eigenvalue weighted by atomic mass is 9.90. The molecule has 0 unspecified atom stereocenters. The summed E-state index contributed by atoms with van der Waals surface area (Å²) in [5.41, 5.74) is 2.88. The lowest BCUT2D eigenvalue weighted by molar-refractivity contribution is 0.142. The van der Waals surface area contributed by atoms with E-state index in [2.05, 4.69) is 42.5 Å². The number of nitrogens with one attached hydrogen (secondary N) is 3. The third kappa shape index (κ3) is 6.33. The zero-order valence-electron chi connectivity index (χ0n) is 22.5. The van der Waals surface area contributed by atoms with Crippen molar-refractivity contribution < 1.29 is 0 Å². The SMILES string of the molecule is Clc1cnc(N[C@@H]2CCN(CCCC3CCN(CC4CCNCC4)CC3)C2)nc1-c1c[nH]c2ccccc12. The standard InChI is InChI=1S/C30H42ClN7/c31-27-19-34-30(36-29(27)26-18-33-28-6-2-1-5-25(26)28)35-24-11-17-37(21-24)14-3-4-22-9-15-38(16-10-22)20-23-7-12-32-13-8-23/h1-2,5-6,18-19,22-24,32-33H,3-4,7-17,20-21H2,(H,34,35,36)/t24-/m1/s1. The molecule has 0 radical (unpaired) electrons. The second-order valence-corrected chi connectivity index (χ2v) is 12.1. The van der Waals surface area contributed by atoms with Gasteiger partial charge in [0.2, 0.25) is 5.95 Å². The highest BCUT2D eigenvalue weighted by atomic mass is 35.5. The van der Waals surface area contributed by atoms with Gasteiger partial charge < -0.3 is 25.4 Å². The second-order valence-electron chi connectivity index (χ2n) is 11.6. The molecule has 3 aromatic rings. The molecule has 6 rings (SSSR count). The number of para-hydroxylation sites is 1. The zero-order valence-corrected chi connectivity index (χ0v) is 23.2. The maximum Gasteiger partial charge on any atom is 0.223 e. The predicted molar refractivity (Wildman–Crippen MR) is 157 cm³/mol. The van der Waals surface area contributed by atoms with E-state index in [1.807, 2.05) is 18.3 Å². The van der Waals surface area contributed by atoms with Gasteiger partial charge in [0.15, 0.2) is 0 Å². The van der Waals surface area contributed by atoms with Gasteiger partial charge in [-0.3, -0.25) is 0 Å². The zero-order chi connectivity index (χ0) is 25.7. The molecule has 1 atom stereocenters. The number of anilines is 1. The molecule has 0 spiro atoms. The maximum atomic E-state index is 6.52. The summed E-state index contributed by atoms with van der Waals surface area (Å²) in [5, 5.41) is 8.78. The summed E-state index contributed by atoms with van der Waals surface area (Å²) in [6.07, 6.45) is 13.0. The fourth-order valence-corrected chi connectivity index (χ4v) is 6.91. The molecule has 3 aliphatic rings. The van der Waals surface area contributed by atoms with Crippen LogP contribution in [0.25, 0.3) is 22.2 Å². The van der Waals surface area contributed by atoms with Crippen LogP contribution >= 0.6 is 11.6 Å². The van der Waals surface area contributed by atoms with Crippen LogP contribution in [0.5, 0.6) is 0 Å². The lowest BCUT2D eigenvalue weighted by Gasteiger charge is -2.35. The number of fused-ring (bicyclic) bond motifs is 1. The molecule has 38 heavy (non-hydrogen) atoms. The van der Waals surface area contributed by atoms with Gasteiger partial charge in [0.1, 0.15) is 0 Å². The van der Waals surface area contributed by atoms with Gasteiger partial charge in [-0.25, -0.2) is 9.97 Å². The Kier molecular flexibility index (Phi) is 8.45. The van der Waals surface area contributed by atoms with Crippen molar-refractivity contribution in [1.82, 2.24) is 30.1 Å². The van der Waals surface area contributed by atoms with Gasteiger partial charge in [-0.15, -0.1) is 0 Å². The molecule has 3 aliphatic heterocycles. The summed E-state index contributed by atoms with van der Waals surface area (Å²) in [7, 11) is 0. The monoisotopic (exact) mass is 535 g/mol. The number of aromatic nitrogens is 3. The minimum absolute atomic E-state index is 0.380. The molecule has 2 aromatic heterocycles. The Morgan fingerprint density at radius 1 is 0.974 bits per heavy atom. The summed E-state index contributed by atoms with van der Waals surface area (Å²) in [6.45, 7) is 9.79. The van der Waals surface area contributed by atoms with E-state index in [0.29, 0.717) is 17.0 Å². The third-order valence-electron chi connectivity index (χ3n) is 8.96. The fourth-order valence-electron chi connectivity index (χ4n) is 6.72. The van der Waals surface area contributed by atoms with Gasteiger partial charge in [0.05, 0.1) is 16.9 Å². The van der Waals surface area contributed by atoms with Crippen molar-refractivity contribution in [3.05, 3.63) is 41.7 Å². The fraction of sp³-hybridized carbons (Fsp3) is 0.600. The molecule has 0 aliphatic carbocycles. The number of halogens is 1. The summed E-state index contributed by atoms with van der Waals surface area (Å²) in [4.78, 5) is 18.0. The summed E-state index contributed by atoms with van der Waals surface area (Å²) in [5.74, 6) is 2.50. The average molecular weight is 536 g/mol. The Bertz CT molecular complexity index is 1180. The number of nitrogens with zero attached hydrogens (tertiary/aromatic N) is 4. The van der Waals surface area contributed by atoms with Crippen LogP contribution in [-0.4, -0.2) is 83.2 Å². The Labute approximate surface area is 231 Å². The molecule has 3 fully saturated rings. The van der Waals surface area contributed by atoms with E-state index < -0.39 is 0 Å². The highest BCUT2D eigenvalue weighted by Gasteiger charge is 2.25. The van der Waals surface area contributed by atoms with Gasteiger partial charge in [-0.1, -0.05) is 29.8 Å². The number of piperidine rings is 2. The van der Waals surface area contributed by atoms with Gasteiger partial charge >= 0.3 is 0 Å². The van der Waals surface area contributed by atoms with Crippen LogP contribution in [0, 0.1) is 11.8 Å². The number of likely N-dealkylation sites (tertiary alicyclic amines) is 2. The molecule has 5 heterocycles. The number of aromatic amines is 1. The largest absolute Gasteiger partial charge is 0.360 e. The van der Waals surface area contributed by atoms with Crippen LogP contribution in [0.3, 0.4) is 0 Å². The number of benzene rings is 1. The molecule has 0 bridgehead atoms. The Morgan fingerprint density at radius 2 is 1.79 bits per heavy atom. The molecule has 0 saturated carbocycles. The Hall–Kier alpha value is -2.19. The number of hydrogen-bond donors (Lipinski definition) is 3. The van der Waals surface area contributed by atoms with E-state index in [9.17, 15) is 0 Å². The molecule has 7 nitrogen and oxygen atoms in total. The summed E-state index contributed by atoms with van der Waals surface area (Å²) < 4.78 is 0. The number of H-pyrrole nitrogens is 1. The highest BCUT2D eigenvalue weighted by Crippen LogP contribution is 2.32. The summed E-state index contributed by atoms with van der Waals surface area (Å²) in [6, 6.07) is 8.62. The number of rotatable bonds is 9. The van der Waals surface area contributed by atoms with Crippen LogP contribution in [0.1, 0.15) is 44.9 Å². The molecular formula is C30H42ClN7. The molecular weight excluding hydrogens is 494 g/mol. The minimum atomic E-state index is 0.380. The first-order valence-corrected chi connectivity index (χ1v) is 15.1. The molecule has 3 saturated heterocycles. The van der Waals surface area contributed by atoms with E-state index in [0.717, 1.165) is 53.5 Å². The second kappa shape index (κ2) is 12.3. The van der Waals surface area contributed by atoms with Gasteiger partial charge in [-0.2, -0.15) is 0 Å².